The summed E-state index contributed by atoms with van der Waals surface area (Å²) >= 11 is 0. The van der Waals surface area contributed by atoms with E-state index in [1.165, 1.54) is 11.1 Å². The van der Waals surface area contributed by atoms with Crippen molar-refractivity contribution in [3.8, 4) is 0 Å². The number of ether oxygens (including phenoxy) is 2. The average Bonchev–Trinajstić information content (AvgIpc) is 2.72. The number of esters is 2. The number of hydrogen-bond donors (Lipinski definition) is 0. The summed E-state index contributed by atoms with van der Waals surface area (Å²) < 4.78 is 10.4. The van der Waals surface area contributed by atoms with Gasteiger partial charge < -0.3 is 9.47 Å². The van der Waals surface area contributed by atoms with Crippen molar-refractivity contribution in [1.29, 1.82) is 0 Å². The first-order valence-corrected chi connectivity index (χ1v) is 11.2. The Hall–Kier alpha value is -2.62. The van der Waals surface area contributed by atoms with Gasteiger partial charge in [-0.3, -0.25) is 9.59 Å². The van der Waals surface area contributed by atoms with Crippen molar-refractivity contribution in [2.75, 3.05) is 6.79 Å². The summed E-state index contributed by atoms with van der Waals surface area (Å²) in [4.78, 5) is 24.7. The summed E-state index contributed by atoms with van der Waals surface area (Å²) in [6, 6.07) is 16.0. The Kier molecular flexibility index (Phi) is 9.29. The molecule has 0 unspecified atom stereocenters. The van der Waals surface area contributed by atoms with E-state index in [0.717, 1.165) is 24.0 Å². The molecule has 2 rings (SSSR count). The van der Waals surface area contributed by atoms with Crippen molar-refractivity contribution in [1.82, 2.24) is 0 Å². The van der Waals surface area contributed by atoms with Crippen molar-refractivity contribution in [2.45, 2.75) is 66.2 Å². The molecule has 0 radical (unpaired) electrons. The zero-order valence-electron chi connectivity index (χ0n) is 19.7. The summed E-state index contributed by atoms with van der Waals surface area (Å²) in [7, 11) is 0. The van der Waals surface area contributed by atoms with Gasteiger partial charge in [0.15, 0.2) is 0 Å². The predicted molar refractivity (Wildman–Crippen MR) is 124 cm³/mol. The van der Waals surface area contributed by atoms with E-state index in [4.69, 9.17) is 9.47 Å². The van der Waals surface area contributed by atoms with Crippen molar-refractivity contribution in [3.63, 3.8) is 0 Å². The van der Waals surface area contributed by atoms with Gasteiger partial charge in [-0.2, -0.15) is 0 Å². The van der Waals surface area contributed by atoms with Crippen molar-refractivity contribution in [2.24, 2.45) is 11.8 Å². The maximum absolute atomic E-state index is 12.3. The molecular formula is C27H36O4. The molecule has 0 aliphatic heterocycles. The molecule has 2 aromatic carbocycles. The van der Waals surface area contributed by atoms with Gasteiger partial charge in [0.2, 0.25) is 6.79 Å². The van der Waals surface area contributed by atoms with Crippen LogP contribution in [0, 0.1) is 11.8 Å². The van der Waals surface area contributed by atoms with Crippen LogP contribution in [0.4, 0.5) is 0 Å². The van der Waals surface area contributed by atoms with E-state index in [-0.39, 0.29) is 6.79 Å². The molecule has 0 fully saturated rings. The average molecular weight is 425 g/mol. The minimum atomic E-state index is -0.419. The topological polar surface area (TPSA) is 52.6 Å². The molecule has 0 N–H and O–H groups in total. The van der Waals surface area contributed by atoms with Crippen LogP contribution in [-0.4, -0.2) is 18.7 Å². The van der Waals surface area contributed by atoms with Crippen molar-refractivity contribution in [3.05, 3.63) is 70.8 Å². The van der Waals surface area contributed by atoms with E-state index in [0.29, 0.717) is 11.8 Å². The normalized spacial score (nSPS) is 13.2. The standard InChI is InChI=1S/C27H36O4/c1-18(2)15-22-7-11-24(12-8-22)20(5)26(28)30-17-31-27(29)21(6)25-13-9-23(10-14-25)16-19(3)4/h7-14,18-21H,15-17H2,1-6H3/t20-,21+. The van der Waals surface area contributed by atoms with E-state index in [1.54, 1.807) is 13.8 Å². The lowest BCUT2D eigenvalue weighted by Crippen LogP contribution is -2.19. The lowest BCUT2D eigenvalue weighted by Gasteiger charge is -2.15. The minimum absolute atomic E-state index is 0.372. The first-order chi connectivity index (χ1) is 14.7. The maximum atomic E-state index is 12.3. The highest BCUT2D eigenvalue weighted by atomic mass is 16.7. The lowest BCUT2D eigenvalue weighted by atomic mass is 9.97. The van der Waals surface area contributed by atoms with Gasteiger partial charge in [0, 0.05) is 0 Å². The third kappa shape index (κ3) is 7.86. The first-order valence-electron chi connectivity index (χ1n) is 11.2. The molecule has 0 aromatic heterocycles. The predicted octanol–water partition coefficient (Wildman–Crippen LogP) is 6.03. The molecule has 0 aliphatic carbocycles. The fraction of sp³-hybridized carbons (Fsp3) is 0.481. The van der Waals surface area contributed by atoms with E-state index < -0.39 is 23.8 Å². The molecule has 168 valence electrons. The van der Waals surface area contributed by atoms with E-state index >= 15 is 0 Å². The van der Waals surface area contributed by atoms with Crippen molar-refractivity contribution >= 4 is 11.9 Å². The lowest BCUT2D eigenvalue weighted by molar-refractivity contribution is -0.168. The number of carbonyl (C=O) groups excluding carboxylic acids is 2. The van der Waals surface area contributed by atoms with Gasteiger partial charge in [0.1, 0.15) is 0 Å². The second-order valence-corrected chi connectivity index (χ2v) is 9.17. The van der Waals surface area contributed by atoms with Gasteiger partial charge in [-0.25, -0.2) is 0 Å². The fourth-order valence-electron chi connectivity index (χ4n) is 3.50. The molecule has 31 heavy (non-hydrogen) atoms. The second kappa shape index (κ2) is 11.7. The molecule has 0 saturated carbocycles. The number of carbonyl (C=O) groups is 2. The zero-order valence-corrected chi connectivity index (χ0v) is 19.7. The highest BCUT2D eigenvalue weighted by Crippen LogP contribution is 2.21. The Morgan fingerprint density at radius 2 is 0.935 bits per heavy atom. The molecule has 0 bridgehead atoms. The highest BCUT2D eigenvalue weighted by molar-refractivity contribution is 5.79. The summed E-state index contributed by atoms with van der Waals surface area (Å²) in [5.41, 5.74) is 4.27. The minimum Gasteiger partial charge on any atom is -0.427 e. The Morgan fingerprint density at radius 1 is 0.613 bits per heavy atom. The molecule has 0 spiro atoms. The summed E-state index contributed by atoms with van der Waals surface area (Å²) in [6.45, 7) is 11.9. The monoisotopic (exact) mass is 424 g/mol. The van der Waals surface area contributed by atoms with Crippen LogP contribution in [0.3, 0.4) is 0 Å². The van der Waals surface area contributed by atoms with Crippen LogP contribution in [0.1, 0.15) is 75.6 Å². The third-order valence-electron chi connectivity index (χ3n) is 5.36. The van der Waals surface area contributed by atoms with Crippen LogP contribution in [0.15, 0.2) is 48.5 Å². The Balaban J connectivity index is 1.81. The van der Waals surface area contributed by atoms with E-state index in [2.05, 4.69) is 27.7 Å². The Labute approximate surface area is 187 Å². The van der Waals surface area contributed by atoms with E-state index in [9.17, 15) is 9.59 Å². The molecule has 0 saturated heterocycles. The number of rotatable bonds is 10. The molecule has 2 aromatic rings. The van der Waals surface area contributed by atoms with Crippen molar-refractivity contribution < 1.29 is 19.1 Å². The summed E-state index contributed by atoms with van der Waals surface area (Å²) in [5, 5.41) is 0. The fourth-order valence-corrected chi connectivity index (χ4v) is 3.50. The SMILES string of the molecule is CC(C)Cc1ccc([C@H](C)C(=O)OCOC(=O)[C@H](C)c2ccc(CC(C)C)cc2)cc1. The largest absolute Gasteiger partial charge is 0.427 e. The second-order valence-electron chi connectivity index (χ2n) is 9.17. The van der Waals surface area contributed by atoms with Crippen LogP contribution < -0.4 is 0 Å². The molecule has 2 atom stereocenters. The molecule has 0 aliphatic rings. The van der Waals surface area contributed by atoms with Gasteiger partial charge in [-0.1, -0.05) is 76.2 Å². The molecule has 4 heteroatoms. The van der Waals surface area contributed by atoms with Crippen LogP contribution in [0.25, 0.3) is 0 Å². The van der Waals surface area contributed by atoms with Crippen LogP contribution in [-0.2, 0) is 31.9 Å². The van der Waals surface area contributed by atoms with Gasteiger partial charge in [-0.05, 0) is 60.8 Å². The molecule has 4 nitrogen and oxygen atoms in total. The Morgan fingerprint density at radius 3 is 1.23 bits per heavy atom. The zero-order chi connectivity index (χ0) is 23.0. The number of benzene rings is 2. The van der Waals surface area contributed by atoms with Crippen LogP contribution in [0.2, 0.25) is 0 Å². The molecule has 0 amide bonds. The van der Waals surface area contributed by atoms with Gasteiger partial charge in [-0.15, -0.1) is 0 Å². The highest BCUT2D eigenvalue weighted by Gasteiger charge is 2.20. The number of hydrogen-bond acceptors (Lipinski definition) is 4. The van der Waals surface area contributed by atoms with Gasteiger partial charge >= 0.3 is 11.9 Å². The maximum Gasteiger partial charge on any atom is 0.316 e. The third-order valence-corrected chi connectivity index (χ3v) is 5.36. The van der Waals surface area contributed by atoms with Gasteiger partial charge in [0.25, 0.3) is 0 Å². The summed E-state index contributed by atoms with van der Waals surface area (Å²) in [5.74, 6) is -0.479. The Bertz CT molecular complexity index is 763. The van der Waals surface area contributed by atoms with Gasteiger partial charge in [0.05, 0.1) is 11.8 Å². The van der Waals surface area contributed by atoms with Crippen LogP contribution in [0.5, 0.6) is 0 Å². The van der Waals surface area contributed by atoms with E-state index in [1.807, 2.05) is 48.5 Å². The quantitative estimate of drug-likeness (QED) is 0.345. The smallest absolute Gasteiger partial charge is 0.316 e. The first kappa shape index (κ1) is 24.6. The molecule has 0 heterocycles. The summed E-state index contributed by atoms with van der Waals surface area (Å²) in [6.07, 6.45) is 2.02. The molecular weight excluding hydrogens is 388 g/mol. The van der Waals surface area contributed by atoms with Crippen LogP contribution >= 0.6 is 0 Å².